The van der Waals surface area contributed by atoms with Crippen LogP contribution in [0, 0.1) is 12.8 Å². The van der Waals surface area contributed by atoms with Crippen molar-refractivity contribution < 1.29 is 14.7 Å². The maximum atomic E-state index is 12.7. The molecule has 1 atom stereocenters. The lowest BCUT2D eigenvalue weighted by molar-refractivity contribution is 0.0696. The monoisotopic (exact) mass is 361 g/mol. The number of carbonyl (C=O) groups is 2. The number of hydrogen-bond donors (Lipinski definition) is 1. The van der Waals surface area contributed by atoms with Gasteiger partial charge in [0.25, 0.3) is 5.91 Å². The van der Waals surface area contributed by atoms with Gasteiger partial charge in [-0.2, -0.15) is 5.10 Å². The molecule has 1 amide bonds. The Morgan fingerprint density at radius 2 is 2.16 bits per heavy atom. The molecule has 1 saturated heterocycles. The molecule has 1 fully saturated rings. The van der Waals surface area contributed by atoms with Crippen LogP contribution in [0.4, 0.5) is 0 Å². The van der Waals surface area contributed by atoms with Crippen molar-refractivity contribution in [2.24, 2.45) is 13.0 Å². The van der Waals surface area contributed by atoms with Crippen LogP contribution in [0.15, 0.2) is 24.3 Å². The molecule has 25 heavy (non-hydrogen) atoms. The van der Waals surface area contributed by atoms with Crippen LogP contribution >= 0.6 is 11.6 Å². The van der Waals surface area contributed by atoms with Gasteiger partial charge in [0.05, 0.1) is 16.3 Å². The molecule has 0 unspecified atom stereocenters. The summed E-state index contributed by atoms with van der Waals surface area (Å²) >= 11 is 6.21. The largest absolute Gasteiger partial charge is 0.478 e. The molecule has 0 aliphatic carbocycles. The van der Waals surface area contributed by atoms with Gasteiger partial charge in [0.15, 0.2) is 5.69 Å². The highest BCUT2D eigenvalue weighted by molar-refractivity contribution is 6.34. The Balaban J connectivity index is 1.67. The minimum atomic E-state index is -0.926. The van der Waals surface area contributed by atoms with Crippen molar-refractivity contribution in [2.75, 3.05) is 13.1 Å². The summed E-state index contributed by atoms with van der Waals surface area (Å²) in [5.41, 5.74) is 2.34. The van der Waals surface area contributed by atoms with E-state index >= 15 is 0 Å². The van der Waals surface area contributed by atoms with E-state index in [0.717, 1.165) is 24.1 Å². The number of benzene rings is 1. The van der Waals surface area contributed by atoms with E-state index in [2.05, 4.69) is 5.10 Å². The van der Waals surface area contributed by atoms with Crippen LogP contribution in [0.3, 0.4) is 0 Å². The van der Waals surface area contributed by atoms with E-state index in [1.807, 2.05) is 13.0 Å². The van der Waals surface area contributed by atoms with Gasteiger partial charge in [-0.1, -0.05) is 23.7 Å². The van der Waals surface area contributed by atoms with E-state index in [0.29, 0.717) is 35.3 Å². The zero-order valence-corrected chi connectivity index (χ0v) is 15.0. The third kappa shape index (κ3) is 3.54. The summed E-state index contributed by atoms with van der Waals surface area (Å²) in [5, 5.41) is 13.7. The van der Waals surface area contributed by atoms with Crippen LogP contribution in [-0.4, -0.2) is 44.8 Å². The summed E-state index contributed by atoms with van der Waals surface area (Å²) < 4.78 is 1.61. The topological polar surface area (TPSA) is 75.4 Å². The molecule has 1 aliphatic heterocycles. The number of hydrogen-bond acceptors (Lipinski definition) is 3. The van der Waals surface area contributed by atoms with Gasteiger partial charge >= 0.3 is 5.97 Å². The van der Waals surface area contributed by atoms with Crippen LogP contribution < -0.4 is 0 Å². The molecule has 1 aromatic heterocycles. The van der Waals surface area contributed by atoms with Crippen LogP contribution in [0.25, 0.3) is 0 Å². The average molecular weight is 362 g/mol. The molecular weight excluding hydrogens is 342 g/mol. The van der Waals surface area contributed by atoms with Gasteiger partial charge in [0.2, 0.25) is 0 Å². The number of aromatic nitrogens is 2. The highest BCUT2D eigenvalue weighted by atomic mass is 35.5. The first-order valence-electron chi connectivity index (χ1n) is 8.17. The Morgan fingerprint density at radius 1 is 1.40 bits per heavy atom. The summed E-state index contributed by atoms with van der Waals surface area (Å²) in [5.74, 6) is -0.766. The molecule has 2 aromatic rings. The number of carboxylic acids is 1. The van der Waals surface area contributed by atoms with E-state index in [1.165, 1.54) is 0 Å². The molecule has 0 bridgehead atoms. The van der Waals surface area contributed by atoms with Crippen molar-refractivity contribution in [1.29, 1.82) is 0 Å². The first-order chi connectivity index (χ1) is 11.9. The number of aromatic carboxylic acids is 1. The summed E-state index contributed by atoms with van der Waals surface area (Å²) in [7, 11) is 1.76. The smallest absolute Gasteiger partial charge is 0.335 e. The van der Waals surface area contributed by atoms with Crippen molar-refractivity contribution in [3.63, 3.8) is 0 Å². The molecule has 0 radical (unpaired) electrons. The number of aryl methyl sites for hydroxylation is 1. The molecule has 1 aromatic carbocycles. The molecular formula is C18H20ClN3O3. The van der Waals surface area contributed by atoms with E-state index < -0.39 is 5.97 Å². The quantitative estimate of drug-likeness (QED) is 0.908. The molecule has 1 aliphatic rings. The fourth-order valence-corrected chi connectivity index (χ4v) is 3.46. The number of rotatable bonds is 4. The van der Waals surface area contributed by atoms with E-state index in [9.17, 15) is 9.59 Å². The number of carboxylic acid groups (broad SMARTS) is 1. The zero-order valence-electron chi connectivity index (χ0n) is 14.2. The summed E-state index contributed by atoms with van der Waals surface area (Å²) in [6.45, 7) is 3.12. The van der Waals surface area contributed by atoms with Crippen molar-refractivity contribution in [1.82, 2.24) is 14.7 Å². The van der Waals surface area contributed by atoms with E-state index in [-0.39, 0.29) is 5.91 Å². The number of carbonyl (C=O) groups excluding carboxylic acids is 1. The third-order valence-corrected chi connectivity index (χ3v) is 5.19. The second-order valence-corrected chi connectivity index (χ2v) is 6.87. The second kappa shape index (κ2) is 6.88. The molecule has 7 heteroatoms. The zero-order chi connectivity index (χ0) is 18.1. The standard InChI is InChI=1S/C18H20ClN3O3/c1-11-15(19)16(20-21(11)2)17(23)22-7-6-13(10-22)8-12-4-3-5-14(9-12)18(24)25/h3-5,9,13H,6-8,10H2,1-2H3,(H,24,25)/t13-/m0/s1. The van der Waals surface area contributed by atoms with Gasteiger partial charge in [-0.15, -0.1) is 0 Å². The maximum absolute atomic E-state index is 12.7. The highest BCUT2D eigenvalue weighted by Gasteiger charge is 2.30. The van der Waals surface area contributed by atoms with Crippen molar-refractivity contribution in [3.8, 4) is 0 Å². The Bertz CT molecular complexity index is 831. The van der Waals surface area contributed by atoms with Gasteiger partial charge < -0.3 is 10.0 Å². The number of amides is 1. The van der Waals surface area contributed by atoms with E-state index in [4.69, 9.17) is 16.7 Å². The predicted octanol–water partition coefficient (Wildman–Crippen LogP) is 2.78. The minimum Gasteiger partial charge on any atom is -0.478 e. The maximum Gasteiger partial charge on any atom is 0.335 e. The summed E-state index contributed by atoms with van der Waals surface area (Å²) in [4.78, 5) is 25.5. The number of nitrogens with zero attached hydrogens (tertiary/aromatic N) is 3. The van der Waals surface area contributed by atoms with Gasteiger partial charge in [0, 0.05) is 20.1 Å². The Morgan fingerprint density at radius 3 is 2.80 bits per heavy atom. The summed E-state index contributed by atoms with van der Waals surface area (Å²) in [6, 6.07) is 6.97. The molecule has 0 saturated carbocycles. The first-order valence-corrected chi connectivity index (χ1v) is 8.55. The van der Waals surface area contributed by atoms with Gasteiger partial charge in [0.1, 0.15) is 0 Å². The molecule has 6 nitrogen and oxygen atoms in total. The van der Waals surface area contributed by atoms with E-state index in [1.54, 1.807) is 34.8 Å². The summed E-state index contributed by atoms with van der Waals surface area (Å²) in [6.07, 6.45) is 1.63. The fraction of sp³-hybridized carbons (Fsp3) is 0.389. The Hall–Kier alpha value is -2.34. The van der Waals surface area contributed by atoms with Gasteiger partial charge in [-0.3, -0.25) is 9.48 Å². The Kier molecular flexibility index (Phi) is 4.81. The predicted molar refractivity (Wildman–Crippen MR) is 94.1 cm³/mol. The van der Waals surface area contributed by atoms with Crippen LogP contribution in [0.2, 0.25) is 5.02 Å². The van der Waals surface area contributed by atoms with Gasteiger partial charge in [-0.05, 0) is 43.4 Å². The SMILES string of the molecule is Cc1c(Cl)c(C(=O)N2CC[C@@H](Cc3cccc(C(=O)O)c3)C2)nn1C. The van der Waals surface area contributed by atoms with Crippen LogP contribution in [-0.2, 0) is 13.5 Å². The van der Waals surface area contributed by atoms with Crippen LogP contribution in [0.5, 0.6) is 0 Å². The lowest BCUT2D eigenvalue weighted by Gasteiger charge is -2.15. The molecule has 1 N–H and O–H groups in total. The first kappa shape index (κ1) is 17.5. The number of likely N-dealkylation sites (tertiary alicyclic amines) is 1. The molecule has 0 spiro atoms. The highest BCUT2D eigenvalue weighted by Crippen LogP contribution is 2.26. The van der Waals surface area contributed by atoms with Crippen LogP contribution in [0.1, 0.15) is 38.5 Å². The Labute approximate surface area is 151 Å². The third-order valence-electron chi connectivity index (χ3n) is 4.73. The van der Waals surface area contributed by atoms with Crippen molar-refractivity contribution in [2.45, 2.75) is 19.8 Å². The second-order valence-electron chi connectivity index (χ2n) is 6.49. The molecule has 2 heterocycles. The normalized spacial score (nSPS) is 17.1. The lowest BCUT2D eigenvalue weighted by Crippen LogP contribution is -2.29. The molecule has 132 valence electrons. The number of halogens is 1. The minimum absolute atomic E-state index is 0.143. The lowest BCUT2D eigenvalue weighted by atomic mass is 9.97. The molecule has 3 rings (SSSR count). The van der Waals surface area contributed by atoms with Gasteiger partial charge in [-0.25, -0.2) is 4.79 Å². The average Bonchev–Trinajstić information content (AvgIpc) is 3.15. The fourth-order valence-electron chi connectivity index (χ4n) is 3.22. The van der Waals surface area contributed by atoms with Crippen molar-refractivity contribution in [3.05, 3.63) is 51.8 Å². The van der Waals surface area contributed by atoms with Crippen molar-refractivity contribution >= 4 is 23.5 Å².